The Morgan fingerprint density at radius 1 is 1.61 bits per heavy atom. The first kappa shape index (κ1) is 13.1. The van der Waals surface area contributed by atoms with Gasteiger partial charge >= 0.3 is 0 Å². The van der Waals surface area contributed by atoms with E-state index in [9.17, 15) is 4.79 Å². The summed E-state index contributed by atoms with van der Waals surface area (Å²) in [5.41, 5.74) is 1.80. The average Bonchev–Trinajstić information content (AvgIpc) is 2.69. The Kier molecular flexibility index (Phi) is 4.01. The quantitative estimate of drug-likeness (QED) is 0.846. The van der Waals surface area contributed by atoms with Gasteiger partial charge in [0.2, 0.25) is 5.91 Å². The number of hydrogen-bond acceptors (Lipinski definition) is 3. The van der Waals surface area contributed by atoms with Crippen LogP contribution < -0.4 is 10.6 Å². The minimum absolute atomic E-state index is 0.0682. The highest BCUT2D eigenvalue weighted by Crippen LogP contribution is 2.19. The van der Waals surface area contributed by atoms with Crippen LogP contribution in [-0.4, -0.2) is 28.8 Å². The molecule has 1 fully saturated rings. The van der Waals surface area contributed by atoms with E-state index in [1.807, 2.05) is 20.2 Å². The summed E-state index contributed by atoms with van der Waals surface area (Å²) in [6, 6.07) is 0. The van der Waals surface area contributed by atoms with E-state index < -0.39 is 0 Å². The fraction of sp³-hybridized carbons (Fsp3) is 0.692. The van der Waals surface area contributed by atoms with Crippen LogP contribution in [0.25, 0.3) is 0 Å². The molecule has 2 unspecified atom stereocenters. The predicted octanol–water partition coefficient (Wildman–Crippen LogP) is 1.17. The summed E-state index contributed by atoms with van der Waals surface area (Å²) in [7, 11) is 1.87. The second-order valence-corrected chi connectivity index (χ2v) is 5.20. The van der Waals surface area contributed by atoms with Crippen molar-refractivity contribution in [1.29, 1.82) is 0 Å². The summed E-state index contributed by atoms with van der Waals surface area (Å²) in [6.45, 7) is 6.00. The Morgan fingerprint density at radius 2 is 2.39 bits per heavy atom. The van der Waals surface area contributed by atoms with Gasteiger partial charge in [0.05, 0.1) is 17.3 Å². The molecule has 18 heavy (non-hydrogen) atoms. The Hall–Kier alpha value is -1.36. The number of carbonyl (C=O) groups is 1. The maximum Gasteiger partial charge on any atom is 0.228 e. The number of nitrogens with one attached hydrogen (secondary N) is 2. The molecule has 1 amide bonds. The molecule has 2 heterocycles. The van der Waals surface area contributed by atoms with Gasteiger partial charge in [-0.1, -0.05) is 13.8 Å². The fourth-order valence-electron chi connectivity index (χ4n) is 2.49. The van der Waals surface area contributed by atoms with Crippen LogP contribution in [-0.2, 0) is 18.3 Å². The zero-order valence-corrected chi connectivity index (χ0v) is 11.4. The van der Waals surface area contributed by atoms with Crippen molar-refractivity contribution in [2.45, 2.75) is 26.7 Å². The molecule has 0 aliphatic carbocycles. The molecule has 1 aromatic rings. The highest BCUT2D eigenvalue weighted by molar-refractivity contribution is 5.93. The molecule has 1 aromatic heterocycles. The number of anilines is 1. The average molecular weight is 250 g/mol. The monoisotopic (exact) mass is 250 g/mol. The van der Waals surface area contributed by atoms with Crippen molar-refractivity contribution in [2.75, 3.05) is 18.4 Å². The van der Waals surface area contributed by atoms with Gasteiger partial charge in [-0.25, -0.2) is 0 Å². The van der Waals surface area contributed by atoms with Gasteiger partial charge in [-0.3, -0.25) is 9.48 Å². The first-order valence-electron chi connectivity index (χ1n) is 6.64. The SMILES string of the molecule is CCc1nn(C)cc1NC(=O)C1CNCC(C)C1. The molecule has 5 nitrogen and oxygen atoms in total. The lowest BCUT2D eigenvalue weighted by molar-refractivity contribution is -0.120. The third kappa shape index (κ3) is 2.90. The summed E-state index contributed by atoms with van der Waals surface area (Å²) in [6.07, 6.45) is 3.66. The van der Waals surface area contributed by atoms with E-state index in [0.29, 0.717) is 5.92 Å². The number of rotatable bonds is 3. The van der Waals surface area contributed by atoms with Gasteiger partial charge in [0.25, 0.3) is 0 Å². The molecule has 0 saturated carbocycles. The number of hydrogen-bond donors (Lipinski definition) is 2. The molecule has 100 valence electrons. The topological polar surface area (TPSA) is 59.0 Å². The lowest BCUT2D eigenvalue weighted by Crippen LogP contribution is -2.40. The molecule has 1 aliphatic rings. The highest BCUT2D eigenvalue weighted by Gasteiger charge is 2.25. The minimum Gasteiger partial charge on any atom is -0.323 e. The molecule has 0 spiro atoms. The van der Waals surface area contributed by atoms with Gasteiger partial charge in [-0.15, -0.1) is 0 Å². The van der Waals surface area contributed by atoms with E-state index in [1.165, 1.54) is 0 Å². The third-order valence-corrected chi connectivity index (χ3v) is 3.44. The molecular weight excluding hydrogens is 228 g/mol. The first-order valence-corrected chi connectivity index (χ1v) is 6.64. The molecule has 0 radical (unpaired) electrons. The summed E-state index contributed by atoms with van der Waals surface area (Å²) < 4.78 is 1.75. The van der Waals surface area contributed by atoms with E-state index in [-0.39, 0.29) is 11.8 Å². The van der Waals surface area contributed by atoms with Gasteiger partial charge in [0.15, 0.2) is 0 Å². The van der Waals surface area contributed by atoms with E-state index in [2.05, 4.69) is 22.7 Å². The van der Waals surface area contributed by atoms with Crippen molar-refractivity contribution < 1.29 is 4.79 Å². The van der Waals surface area contributed by atoms with E-state index in [1.54, 1.807) is 4.68 Å². The Bertz CT molecular complexity index is 427. The van der Waals surface area contributed by atoms with Crippen molar-refractivity contribution in [3.05, 3.63) is 11.9 Å². The minimum atomic E-state index is 0.0682. The molecular formula is C13H22N4O. The Morgan fingerprint density at radius 3 is 3.06 bits per heavy atom. The molecule has 0 bridgehead atoms. The van der Waals surface area contributed by atoms with Gasteiger partial charge in [0.1, 0.15) is 0 Å². The van der Waals surface area contributed by atoms with Crippen LogP contribution in [0.3, 0.4) is 0 Å². The smallest absolute Gasteiger partial charge is 0.228 e. The molecule has 0 aromatic carbocycles. The van der Waals surface area contributed by atoms with Crippen LogP contribution in [0.5, 0.6) is 0 Å². The summed E-state index contributed by atoms with van der Waals surface area (Å²) in [5.74, 6) is 0.740. The maximum atomic E-state index is 12.2. The van der Waals surface area contributed by atoms with Crippen LogP contribution in [0.1, 0.15) is 26.0 Å². The van der Waals surface area contributed by atoms with Crippen molar-refractivity contribution in [1.82, 2.24) is 15.1 Å². The van der Waals surface area contributed by atoms with Gasteiger partial charge in [0, 0.05) is 19.8 Å². The van der Waals surface area contributed by atoms with Gasteiger partial charge in [-0.05, 0) is 25.3 Å². The second-order valence-electron chi connectivity index (χ2n) is 5.20. The number of nitrogens with zero attached hydrogens (tertiary/aromatic N) is 2. The number of piperidine rings is 1. The molecule has 2 N–H and O–H groups in total. The molecule has 5 heteroatoms. The number of carbonyl (C=O) groups excluding carboxylic acids is 1. The van der Waals surface area contributed by atoms with Crippen molar-refractivity contribution >= 4 is 11.6 Å². The van der Waals surface area contributed by atoms with Crippen LogP contribution in [0.2, 0.25) is 0 Å². The van der Waals surface area contributed by atoms with Crippen molar-refractivity contribution in [2.24, 2.45) is 18.9 Å². The normalized spacial score (nSPS) is 23.9. The fourth-order valence-corrected chi connectivity index (χ4v) is 2.49. The number of aryl methyl sites for hydroxylation is 2. The van der Waals surface area contributed by atoms with Crippen molar-refractivity contribution in [3.8, 4) is 0 Å². The zero-order chi connectivity index (χ0) is 13.1. The largest absolute Gasteiger partial charge is 0.323 e. The van der Waals surface area contributed by atoms with Crippen LogP contribution in [0.15, 0.2) is 6.20 Å². The maximum absolute atomic E-state index is 12.2. The van der Waals surface area contributed by atoms with Crippen LogP contribution in [0, 0.1) is 11.8 Å². The lowest BCUT2D eigenvalue weighted by Gasteiger charge is -2.26. The Balaban J connectivity index is 2.01. The van der Waals surface area contributed by atoms with E-state index in [4.69, 9.17) is 0 Å². The van der Waals surface area contributed by atoms with Gasteiger partial charge < -0.3 is 10.6 Å². The highest BCUT2D eigenvalue weighted by atomic mass is 16.1. The van der Waals surface area contributed by atoms with Crippen molar-refractivity contribution in [3.63, 3.8) is 0 Å². The predicted molar refractivity (Wildman–Crippen MR) is 71.4 cm³/mol. The standard InChI is InChI=1S/C13H22N4O/c1-4-11-12(8-17(3)16-11)15-13(18)10-5-9(2)6-14-7-10/h8-10,14H,4-7H2,1-3H3,(H,15,18). The van der Waals surface area contributed by atoms with E-state index >= 15 is 0 Å². The lowest BCUT2D eigenvalue weighted by atomic mass is 9.91. The van der Waals surface area contributed by atoms with Crippen LogP contribution in [0.4, 0.5) is 5.69 Å². The van der Waals surface area contributed by atoms with Crippen LogP contribution >= 0.6 is 0 Å². The first-order chi connectivity index (χ1) is 8.60. The molecule has 2 atom stereocenters. The number of aromatic nitrogens is 2. The summed E-state index contributed by atoms with van der Waals surface area (Å²) >= 11 is 0. The number of amides is 1. The van der Waals surface area contributed by atoms with Gasteiger partial charge in [-0.2, -0.15) is 5.10 Å². The zero-order valence-electron chi connectivity index (χ0n) is 11.4. The summed E-state index contributed by atoms with van der Waals surface area (Å²) in [5, 5.41) is 10.6. The molecule has 2 rings (SSSR count). The molecule has 1 saturated heterocycles. The Labute approximate surface area is 108 Å². The summed E-state index contributed by atoms with van der Waals surface area (Å²) in [4.78, 5) is 12.2. The molecule has 1 aliphatic heterocycles. The van der Waals surface area contributed by atoms with E-state index in [0.717, 1.165) is 37.3 Å². The second kappa shape index (κ2) is 5.52. The third-order valence-electron chi connectivity index (χ3n) is 3.44.